The lowest BCUT2D eigenvalue weighted by atomic mass is 9.85. The van der Waals surface area contributed by atoms with Gasteiger partial charge in [0.05, 0.1) is 0 Å². The van der Waals surface area contributed by atoms with Crippen molar-refractivity contribution in [2.75, 3.05) is 19.6 Å². The molecule has 0 aromatic carbocycles. The molecule has 1 heterocycles. The lowest BCUT2D eigenvalue weighted by Crippen LogP contribution is -2.43. The molecule has 4 heteroatoms. The molecule has 3 nitrogen and oxygen atoms in total. The second kappa shape index (κ2) is 9.68. The highest BCUT2D eigenvalue weighted by Gasteiger charge is 2.27. The normalized spacial score (nSPS) is 25.0. The van der Waals surface area contributed by atoms with Crippen LogP contribution in [0.3, 0.4) is 0 Å². The minimum atomic E-state index is 0. The standard InChI is InChI=1S/C17H32N2O.ClH/c1-3-19(16-9-5-4-6-10-16)17(20)12-14(2)15-8-7-11-18-13-15;/h14-16,18H,3-13H2,1-2H3;1H. The molecule has 2 unspecified atom stereocenters. The molecule has 0 radical (unpaired) electrons. The van der Waals surface area contributed by atoms with Gasteiger partial charge in [-0.2, -0.15) is 0 Å². The Kier molecular flexibility index (Phi) is 8.65. The van der Waals surface area contributed by atoms with Crippen molar-refractivity contribution in [2.45, 2.75) is 71.3 Å². The first-order chi connectivity index (χ1) is 9.72. The quantitative estimate of drug-likeness (QED) is 0.840. The Morgan fingerprint density at radius 3 is 2.48 bits per heavy atom. The van der Waals surface area contributed by atoms with E-state index in [0.717, 1.165) is 26.1 Å². The molecule has 0 aromatic rings. The van der Waals surface area contributed by atoms with Gasteiger partial charge in [0.25, 0.3) is 0 Å². The fourth-order valence-corrected chi connectivity index (χ4v) is 3.95. The number of rotatable bonds is 5. The van der Waals surface area contributed by atoms with E-state index in [9.17, 15) is 4.79 Å². The summed E-state index contributed by atoms with van der Waals surface area (Å²) < 4.78 is 0. The Hall–Kier alpha value is -0.280. The molecule has 1 aliphatic heterocycles. The van der Waals surface area contributed by atoms with E-state index in [1.54, 1.807) is 0 Å². The fourth-order valence-electron chi connectivity index (χ4n) is 3.95. The molecule has 1 amide bonds. The Morgan fingerprint density at radius 2 is 1.90 bits per heavy atom. The topological polar surface area (TPSA) is 32.3 Å². The summed E-state index contributed by atoms with van der Waals surface area (Å²) in [5.41, 5.74) is 0. The summed E-state index contributed by atoms with van der Waals surface area (Å²) in [6, 6.07) is 0.526. The largest absolute Gasteiger partial charge is 0.340 e. The van der Waals surface area contributed by atoms with Crippen molar-refractivity contribution in [3.05, 3.63) is 0 Å². The third-order valence-electron chi connectivity index (χ3n) is 5.31. The molecule has 1 saturated heterocycles. The van der Waals surface area contributed by atoms with Gasteiger partial charge in [0.2, 0.25) is 5.91 Å². The molecule has 2 aliphatic rings. The molecule has 0 bridgehead atoms. The molecule has 21 heavy (non-hydrogen) atoms. The summed E-state index contributed by atoms with van der Waals surface area (Å²) in [5, 5.41) is 3.47. The average molecular weight is 317 g/mol. The first-order valence-electron chi connectivity index (χ1n) is 8.72. The maximum absolute atomic E-state index is 12.6. The van der Waals surface area contributed by atoms with E-state index < -0.39 is 0 Å². The lowest BCUT2D eigenvalue weighted by Gasteiger charge is -2.35. The highest BCUT2D eigenvalue weighted by atomic mass is 35.5. The molecule has 1 saturated carbocycles. The molecular weight excluding hydrogens is 284 g/mol. The van der Waals surface area contributed by atoms with Crippen LogP contribution in [0.1, 0.15) is 65.2 Å². The summed E-state index contributed by atoms with van der Waals surface area (Å²) in [5.74, 6) is 1.61. The van der Waals surface area contributed by atoms with Gasteiger partial charge in [0.15, 0.2) is 0 Å². The van der Waals surface area contributed by atoms with Gasteiger partial charge in [-0.3, -0.25) is 4.79 Å². The van der Waals surface area contributed by atoms with Crippen LogP contribution in [0.25, 0.3) is 0 Å². The summed E-state index contributed by atoms with van der Waals surface area (Å²) in [4.78, 5) is 14.8. The van der Waals surface area contributed by atoms with Gasteiger partial charge in [0, 0.05) is 19.0 Å². The highest BCUT2D eigenvalue weighted by molar-refractivity contribution is 5.85. The van der Waals surface area contributed by atoms with Crippen molar-refractivity contribution in [1.82, 2.24) is 10.2 Å². The molecule has 0 spiro atoms. The molecule has 2 fully saturated rings. The van der Waals surface area contributed by atoms with Crippen LogP contribution in [0.5, 0.6) is 0 Å². The van der Waals surface area contributed by atoms with Crippen molar-refractivity contribution in [1.29, 1.82) is 0 Å². The lowest BCUT2D eigenvalue weighted by molar-refractivity contribution is -0.135. The van der Waals surface area contributed by atoms with Gasteiger partial charge in [0.1, 0.15) is 0 Å². The maximum Gasteiger partial charge on any atom is 0.223 e. The van der Waals surface area contributed by atoms with Crippen LogP contribution in [0.15, 0.2) is 0 Å². The molecule has 124 valence electrons. The van der Waals surface area contributed by atoms with Crippen LogP contribution in [0.4, 0.5) is 0 Å². The van der Waals surface area contributed by atoms with E-state index in [1.165, 1.54) is 44.9 Å². The second-order valence-corrected chi connectivity index (χ2v) is 6.76. The summed E-state index contributed by atoms with van der Waals surface area (Å²) in [6.07, 6.45) is 9.70. The van der Waals surface area contributed by atoms with E-state index in [1.807, 2.05) is 0 Å². The monoisotopic (exact) mass is 316 g/mol. The van der Waals surface area contributed by atoms with Crippen LogP contribution >= 0.6 is 12.4 Å². The fraction of sp³-hybridized carbons (Fsp3) is 0.941. The van der Waals surface area contributed by atoms with Crippen LogP contribution in [0, 0.1) is 11.8 Å². The van der Waals surface area contributed by atoms with Crippen molar-refractivity contribution in [3.8, 4) is 0 Å². The number of carbonyl (C=O) groups excluding carboxylic acids is 1. The number of hydrogen-bond acceptors (Lipinski definition) is 2. The molecule has 1 aliphatic carbocycles. The number of nitrogens with zero attached hydrogens (tertiary/aromatic N) is 1. The van der Waals surface area contributed by atoms with Gasteiger partial charge in [-0.1, -0.05) is 26.2 Å². The summed E-state index contributed by atoms with van der Waals surface area (Å²) >= 11 is 0. The van der Waals surface area contributed by atoms with Crippen molar-refractivity contribution in [3.63, 3.8) is 0 Å². The first-order valence-corrected chi connectivity index (χ1v) is 8.72. The van der Waals surface area contributed by atoms with E-state index in [0.29, 0.717) is 23.8 Å². The van der Waals surface area contributed by atoms with E-state index in [4.69, 9.17) is 0 Å². The predicted molar refractivity (Wildman–Crippen MR) is 90.9 cm³/mol. The third-order valence-corrected chi connectivity index (χ3v) is 5.31. The van der Waals surface area contributed by atoms with Crippen LogP contribution < -0.4 is 5.32 Å². The van der Waals surface area contributed by atoms with Crippen LogP contribution in [-0.4, -0.2) is 36.5 Å². The Bertz CT molecular complexity index is 299. The molecular formula is C17H33ClN2O. The molecule has 2 rings (SSSR count). The van der Waals surface area contributed by atoms with Gasteiger partial charge in [-0.15, -0.1) is 12.4 Å². The Labute approximate surface area is 136 Å². The first kappa shape index (κ1) is 18.8. The van der Waals surface area contributed by atoms with Crippen LogP contribution in [0.2, 0.25) is 0 Å². The third kappa shape index (κ3) is 5.45. The number of nitrogens with one attached hydrogen (secondary N) is 1. The summed E-state index contributed by atoms with van der Waals surface area (Å²) in [7, 11) is 0. The Balaban J connectivity index is 0.00000220. The second-order valence-electron chi connectivity index (χ2n) is 6.76. The van der Waals surface area contributed by atoms with Gasteiger partial charge >= 0.3 is 0 Å². The van der Waals surface area contributed by atoms with Crippen molar-refractivity contribution < 1.29 is 4.79 Å². The number of piperidine rings is 1. The van der Waals surface area contributed by atoms with E-state index in [2.05, 4.69) is 24.1 Å². The minimum absolute atomic E-state index is 0. The number of amides is 1. The van der Waals surface area contributed by atoms with Gasteiger partial charge in [-0.05, 0) is 57.5 Å². The molecule has 1 N–H and O–H groups in total. The molecule has 0 aromatic heterocycles. The predicted octanol–water partition coefficient (Wildman–Crippen LogP) is 3.62. The van der Waals surface area contributed by atoms with Crippen molar-refractivity contribution >= 4 is 18.3 Å². The maximum atomic E-state index is 12.6. The van der Waals surface area contributed by atoms with Gasteiger partial charge in [-0.25, -0.2) is 0 Å². The minimum Gasteiger partial charge on any atom is -0.340 e. The zero-order valence-electron chi connectivity index (χ0n) is 13.8. The summed E-state index contributed by atoms with van der Waals surface area (Å²) in [6.45, 7) is 7.55. The SMILES string of the molecule is CCN(C(=O)CC(C)C1CCCNC1)C1CCCCC1.Cl. The Morgan fingerprint density at radius 1 is 1.19 bits per heavy atom. The average Bonchev–Trinajstić information content (AvgIpc) is 2.50. The number of halogens is 1. The van der Waals surface area contributed by atoms with E-state index in [-0.39, 0.29) is 12.4 Å². The zero-order chi connectivity index (χ0) is 14.4. The highest BCUT2D eigenvalue weighted by Crippen LogP contribution is 2.26. The molecule has 2 atom stereocenters. The van der Waals surface area contributed by atoms with Gasteiger partial charge < -0.3 is 10.2 Å². The van der Waals surface area contributed by atoms with Crippen molar-refractivity contribution in [2.24, 2.45) is 11.8 Å². The van der Waals surface area contributed by atoms with Crippen LogP contribution in [-0.2, 0) is 4.79 Å². The number of carbonyl (C=O) groups is 1. The number of hydrogen-bond donors (Lipinski definition) is 1. The zero-order valence-corrected chi connectivity index (χ0v) is 14.6. The smallest absolute Gasteiger partial charge is 0.223 e. The van der Waals surface area contributed by atoms with E-state index >= 15 is 0 Å².